The maximum atomic E-state index is 12.3. The minimum absolute atomic E-state index is 0.0236. The van der Waals surface area contributed by atoms with E-state index in [0.29, 0.717) is 10.3 Å². The van der Waals surface area contributed by atoms with Crippen molar-refractivity contribution in [2.45, 2.75) is 48.9 Å². The van der Waals surface area contributed by atoms with Crippen LogP contribution in [0.3, 0.4) is 0 Å². The predicted molar refractivity (Wildman–Crippen MR) is 91.8 cm³/mol. The summed E-state index contributed by atoms with van der Waals surface area (Å²) in [6.45, 7) is 2.85. The Morgan fingerprint density at radius 3 is 2.86 bits per heavy atom. The van der Waals surface area contributed by atoms with Gasteiger partial charge < -0.3 is 5.32 Å². The van der Waals surface area contributed by atoms with Crippen LogP contribution in [-0.2, 0) is 16.4 Å². The maximum absolute atomic E-state index is 12.3. The molecule has 0 saturated heterocycles. The number of hydrogen-bond donors (Lipinski definition) is 2. The van der Waals surface area contributed by atoms with E-state index >= 15 is 0 Å². The van der Waals surface area contributed by atoms with Crippen molar-refractivity contribution in [1.29, 1.82) is 0 Å². The third-order valence-corrected chi connectivity index (χ3v) is 7.27. The molecule has 1 aliphatic rings. The number of thiophene rings is 1. The Bertz CT molecular complexity index is 538. The van der Waals surface area contributed by atoms with Gasteiger partial charge in [-0.25, -0.2) is 13.1 Å². The second-order valence-corrected chi connectivity index (χ2v) is 9.60. The minimum atomic E-state index is -3.36. The van der Waals surface area contributed by atoms with Gasteiger partial charge in [0.2, 0.25) is 10.0 Å². The van der Waals surface area contributed by atoms with Crippen LogP contribution < -0.4 is 10.0 Å². The first kappa shape index (κ1) is 17.3. The molecule has 1 heterocycles. The van der Waals surface area contributed by atoms with Crippen LogP contribution in [-0.4, -0.2) is 39.1 Å². The van der Waals surface area contributed by atoms with Crippen molar-refractivity contribution in [3.05, 3.63) is 17.0 Å². The summed E-state index contributed by atoms with van der Waals surface area (Å²) in [7, 11) is -3.36. The lowest BCUT2D eigenvalue weighted by atomic mass is 10.3. The highest BCUT2D eigenvalue weighted by molar-refractivity contribution is 7.98. The van der Waals surface area contributed by atoms with E-state index in [9.17, 15) is 8.42 Å². The average molecular weight is 349 g/mol. The summed E-state index contributed by atoms with van der Waals surface area (Å²) in [5.41, 5.74) is 0. The van der Waals surface area contributed by atoms with Crippen LogP contribution in [0.5, 0.6) is 0 Å². The van der Waals surface area contributed by atoms with Gasteiger partial charge in [-0.2, -0.15) is 11.8 Å². The minimum Gasteiger partial charge on any atom is -0.314 e. The molecular formula is C14H24N2O2S3. The molecule has 0 amide bonds. The zero-order valence-corrected chi connectivity index (χ0v) is 15.0. The summed E-state index contributed by atoms with van der Waals surface area (Å²) in [4.78, 5) is 1.13. The summed E-state index contributed by atoms with van der Waals surface area (Å²) in [5, 5.41) is 3.45. The summed E-state index contributed by atoms with van der Waals surface area (Å²) in [6, 6.07) is 4.33. The Hall–Kier alpha value is -0.0800. The molecular weight excluding hydrogens is 324 g/mol. The molecule has 1 atom stereocenters. The molecule has 0 spiro atoms. The molecule has 1 unspecified atom stereocenters. The van der Waals surface area contributed by atoms with Gasteiger partial charge in [0.1, 0.15) is 4.21 Å². The molecule has 4 nitrogen and oxygen atoms in total. The Kier molecular flexibility index (Phi) is 6.55. The molecule has 2 N–H and O–H groups in total. The highest BCUT2D eigenvalue weighted by atomic mass is 32.2. The topological polar surface area (TPSA) is 58.2 Å². The predicted octanol–water partition coefficient (Wildman–Crippen LogP) is 2.46. The Morgan fingerprint density at radius 2 is 2.19 bits per heavy atom. The van der Waals surface area contributed by atoms with Crippen molar-refractivity contribution in [3.63, 3.8) is 0 Å². The Morgan fingerprint density at radius 1 is 1.43 bits per heavy atom. The monoisotopic (exact) mass is 348 g/mol. The molecule has 0 aliphatic heterocycles. The first-order valence-corrected chi connectivity index (χ1v) is 11.0. The van der Waals surface area contributed by atoms with Crippen LogP contribution in [0.15, 0.2) is 16.3 Å². The summed E-state index contributed by atoms with van der Waals surface area (Å²) in [6.07, 6.45) is 6.34. The number of rotatable bonds is 10. The van der Waals surface area contributed by atoms with Crippen molar-refractivity contribution in [2.75, 3.05) is 18.6 Å². The summed E-state index contributed by atoms with van der Waals surface area (Å²) >= 11 is 3.12. The lowest BCUT2D eigenvalue weighted by molar-refractivity contribution is 0.559. The van der Waals surface area contributed by atoms with Crippen LogP contribution in [0.4, 0.5) is 0 Å². The second-order valence-electron chi connectivity index (χ2n) is 5.50. The highest BCUT2D eigenvalue weighted by Crippen LogP contribution is 2.23. The molecule has 1 saturated carbocycles. The molecule has 1 aromatic rings. The number of thioether (sulfide) groups is 1. The Labute approximate surface area is 136 Å². The van der Waals surface area contributed by atoms with Gasteiger partial charge in [-0.3, -0.25) is 0 Å². The fourth-order valence-corrected chi connectivity index (χ4v) is 5.24. The van der Waals surface area contributed by atoms with Crippen molar-refractivity contribution in [1.82, 2.24) is 10.0 Å². The van der Waals surface area contributed by atoms with E-state index in [0.717, 1.165) is 30.0 Å². The van der Waals surface area contributed by atoms with E-state index < -0.39 is 10.0 Å². The van der Waals surface area contributed by atoms with Gasteiger partial charge in [-0.1, -0.05) is 0 Å². The fourth-order valence-electron chi connectivity index (χ4n) is 2.00. The SMILES string of the molecule is CSCCC(C)NS(=O)(=O)c1ccc(CCNC2CC2)s1. The van der Waals surface area contributed by atoms with E-state index in [1.165, 1.54) is 24.2 Å². The number of sulfonamides is 1. The standard InChI is InChI=1S/C14H24N2O2S3/c1-11(8-10-19-2)16-21(17,18)14-6-5-13(20-14)7-9-15-12-3-4-12/h5-6,11-12,15-16H,3-4,7-10H2,1-2H3. The number of nitrogens with one attached hydrogen (secondary N) is 2. The van der Waals surface area contributed by atoms with Crippen LogP contribution >= 0.6 is 23.1 Å². The lowest BCUT2D eigenvalue weighted by Crippen LogP contribution is -2.32. The van der Waals surface area contributed by atoms with Crippen LogP contribution in [0.1, 0.15) is 31.1 Å². The zero-order valence-electron chi connectivity index (χ0n) is 12.6. The second kappa shape index (κ2) is 7.97. The van der Waals surface area contributed by atoms with E-state index in [-0.39, 0.29) is 6.04 Å². The summed E-state index contributed by atoms with van der Waals surface area (Å²) in [5.74, 6) is 0.964. The van der Waals surface area contributed by atoms with Gasteiger partial charge in [-0.15, -0.1) is 11.3 Å². The highest BCUT2D eigenvalue weighted by Gasteiger charge is 2.21. The molecule has 0 bridgehead atoms. The molecule has 7 heteroatoms. The first-order valence-electron chi connectivity index (χ1n) is 7.34. The third-order valence-electron chi connectivity index (χ3n) is 3.39. The van der Waals surface area contributed by atoms with Gasteiger partial charge in [0.05, 0.1) is 0 Å². The van der Waals surface area contributed by atoms with Gasteiger partial charge in [-0.05, 0) is 56.7 Å². The molecule has 1 fully saturated rings. The molecule has 1 aromatic heterocycles. The number of hydrogen-bond acceptors (Lipinski definition) is 5. The molecule has 2 rings (SSSR count). The van der Waals surface area contributed by atoms with Crippen molar-refractivity contribution in [2.24, 2.45) is 0 Å². The van der Waals surface area contributed by atoms with Gasteiger partial charge in [0, 0.05) is 23.5 Å². The van der Waals surface area contributed by atoms with Crippen molar-refractivity contribution >= 4 is 33.1 Å². The lowest BCUT2D eigenvalue weighted by Gasteiger charge is -2.12. The normalized spacial score (nSPS) is 17.0. The molecule has 120 valence electrons. The van der Waals surface area contributed by atoms with Gasteiger partial charge >= 0.3 is 0 Å². The third kappa shape index (κ3) is 5.90. The summed E-state index contributed by atoms with van der Waals surface area (Å²) < 4.78 is 27.8. The van der Waals surface area contributed by atoms with Crippen LogP contribution in [0.2, 0.25) is 0 Å². The van der Waals surface area contributed by atoms with E-state index in [2.05, 4.69) is 10.0 Å². The van der Waals surface area contributed by atoms with Crippen LogP contribution in [0.25, 0.3) is 0 Å². The maximum Gasteiger partial charge on any atom is 0.250 e. The van der Waals surface area contributed by atoms with Gasteiger partial charge in [0.25, 0.3) is 0 Å². The molecule has 21 heavy (non-hydrogen) atoms. The first-order chi connectivity index (χ1) is 10.0. The Balaban J connectivity index is 1.85. The molecule has 0 aromatic carbocycles. The van der Waals surface area contributed by atoms with E-state index in [1.54, 1.807) is 17.8 Å². The van der Waals surface area contributed by atoms with E-state index in [1.807, 2.05) is 19.2 Å². The zero-order chi connectivity index (χ0) is 15.3. The quantitative estimate of drug-likeness (QED) is 0.682. The molecule has 1 aliphatic carbocycles. The van der Waals surface area contributed by atoms with E-state index in [4.69, 9.17) is 0 Å². The van der Waals surface area contributed by atoms with Gasteiger partial charge in [0.15, 0.2) is 0 Å². The fraction of sp³-hybridized carbons (Fsp3) is 0.714. The molecule has 0 radical (unpaired) electrons. The van der Waals surface area contributed by atoms with Crippen molar-refractivity contribution < 1.29 is 8.42 Å². The van der Waals surface area contributed by atoms with Crippen molar-refractivity contribution in [3.8, 4) is 0 Å². The van der Waals surface area contributed by atoms with Crippen LogP contribution in [0, 0.1) is 0 Å². The smallest absolute Gasteiger partial charge is 0.250 e. The largest absolute Gasteiger partial charge is 0.314 e. The average Bonchev–Trinajstić information content (AvgIpc) is 3.11.